The van der Waals surface area contributed by atoms with Crippen molar-refractivity contribution >= 4 is 15.7 Å². The minimum atomic E-state index is -3.36. The summed E-state index contributed by atoms with van der Waals surface area (Å²) in [5, 5.41) is 8.37. The van der Waals surface area contributed by atoms with Crippen molar-refractivity contribution in [2.75, 3.05) is 19.3 Å². The molecule has 0 saturated carbocycles. The fourth-order valence-corrected chi connectivity index (χ4v) is 4.98. The van der Waals surface area contributed by atoms with Crippen molar-refractivity contribution in [1.29, 1.82) is 0 Å². The molecule has 164 valence electrons. The van der Waals surface area contributed by atoms with Crippen LogP contribution in [0.5, 0.6) is 0 Å². The maximum atomic E-state index is 12.9. The van der Waals surface area contributed by atoms with Crippen LogP contribution in [0, 0.1) is 6.92 Å². The van der Waals surface area contributed by atoms with E-state index in [0.29, 0.717) is 37.3 Å². The molecular weight excluding hydrogens is 418 g/mol. The maximum absolute atomic E-state index is 12.9. The second kappa shape index (κ2) is 8.26. The number of amides is 1. The summed E-state index contributed by atoms with van der Waals surface area (Å²) in [6.45, 7) is 5.70. The highest BCUT2D eigenvalue weighted by Crippen LogP contribution is 2.31. The lowest BCUT2D eigenvalue weighted by Gasteiger charge is -2.31. The highest BCUT2D eigenvalue weighted by atomic mass is 32.2. The zero-order valence-corrected chi connectivity index (χ0v) is 18.6. The minimum Gasteiger partial charge on any atom is -0.350 e. The molecule has 0 aliphatic carbocycles. The van der Waals surface area contributed by atoms with Crippen LogP contribution in [-0.2, 0) is 16.4 Å². The first-order chi connectivity index (χ1) is 14.8. The predicted molar refractivity (Wildman–Crippen MR) is 113 cm³/mol. The van der Waals surface area contributed by atoms with Gasteiger partial charge in [0.15, 0.2) is 9.84 Å². The second-order valence-corrected chi connectivity index (χ2v) is 9.75. The largest absolute Gasteiger partial charge is 0.350 e. The van der Waals surface area contributed by atoms with Crippen LogP contribution in [0.2, 0.25) is 0 Å². The summed E-state index contributed by atoms with van der Waals surface area (Å²) >= 11 is 0. The van der Waals surface area contributed by atoms with Gasteiger partial charge in [0.05, 0.1) is 16.8 Å². The Morgan fingerprint density at radius 2 is 2.03 bits per heavy atom. The lowest BCUT2D eigenvalue weighted by Crippen LogP contribution is -2.38. The molecule has 1 aliphatic heterocycles. The molecule has 1 aliphatic rings. The zero-order chi connectivity index (χ0) is 22.2. The van der Waals surface area contributed by atoms with Gasteiger partial charge in [-0.2, -0.15) is 5.10 Å². The molecule has 3 aromatic rings. The molecule has 0 spiro atoms. The topological polar surface area (TPSA) is 111 Å². The van der Waals surface area contributed by atoms with Gasteiger partial charge in [-0.1, -0.05) is 5.16 Å². The number of hydrogen-bond acceptors (Lipinski definition) is 7. The summed E-state index contributed by atoms with van der Waals surface area (Å²) in [5.74, 6) is -0.0448. The molecule has 1 saturated heterocycles. The van der Waals surface area contributed by atoms with E-state index in [1.807, 2.05) is 18.5 Å². The van der Waals surface area contributed by atoms with E-state index >= 15 is 0 Å². The van der Waals surface area contributed by atoms with Crippen molar-refractivity contribution in [1.82, 2.24) is 24.8 Å². The van der Waals surface area contributed by atoms with Crippen LogP contribution >= 0.6 is 0 Å². The van der Waals surface area contributed by atoms with Crippen LogP contribution in [0.1, 0.15) is 47.6 Å². The molecule has 4 heterocycles. The van der Waals surface area contributed by atoms with Gasteiger partial charge < -0.3 is 9.42 Å². The van der Waals surface area contributed by atoms with Crippen LogP contribution in [-0.4, -0.2) is 58.5 Å². The summed E-state index contributed by atoms with van der Waals surface area (Å²) < 4.78 is 31.4. The number of carbonyl (C=O) groups excluding carboxylic acids is 1. The standard InChI is InChI=1S/C21H25N5O4S/c1-4-26-14(2)16(13-23-26)17-12-18(30-24-17)21(27)25-10-7-15(8-11-25)20-19(31(3,28)29)6-5-9-22-20/h5-6,9,12-13,15H,4,7-8,10-11H2,1-3H3. The number of aryl methyl sites for hydroxylation is 1. The van der Waals surface area contributed by atoms with Gasteiger partial charge in [-0.25, -0.2) is 8.42 Å². The van der Waals surface area contributed by atoms with E-state index in [-0.39, 0.29) is 22.5 Å². The number of nitrogens with zero attached hydrogens (tertiary/aromatic N) is 5. The smallest absolute Gasteiger partial charge is 0.292 e. The van der Waals surface area contributed by atoms with Gasteiger partial charge in [-0.05, 0) is 38.8 Å². The van der Waals surface area contributed by atoms with Crippen molar-refractivity contribution < 1.29 is 17.7 Å². The Kier molecular flexibility index (Phi) is 5.65. The van der Waals surface area contributed by atoms with E-state index in [1.165, 1.54) is 6.26 Å². The summed E-state index contributed by atoms with van der Waals surface area (Å²) in [7, 11) is -3.36. The molecule has 9 nitrogen and oxygen atoms in total. The molecule has 31 heavy (non-hydrogen) atoms. The van der Waals surface area contributed by atoms with Crippen LogP contribution in [0.15, 0.2) is 40.0 Å². The first-order valence-electron chi connectivity index (χ1n) is 10.2. The molecule has 0 aromatic carbocycles. The minimum absolute atomic E-state index is 0.0113. The second-order valence-electron chi connectivity index (χ2n) is 7.76. The summed E-state index contributed by atoms with van der Waals surface area (Å²) in [4.78, 5) is 19.2. The Hall–Kier alpha value is -3.01. The quantitative estimate of drug-likeness (QED) is 0.596. The van der Waals surface area contributed by atoms with E-state index in [1.54, 1.807) is 35.5 Å². The number of likely N-dealkylation sites (tertiary alicyclic amines) is 1. The molecule has 1 amide bonds. The molecular formula is C21H25N5O4S. The van der Waals surface area contributed by atoms with Gasteiger partial charge in [0.25, 0.3) is 5.91 Å². The summed E-state index contributed by atoms with van der Waals surface area (Å²) in [6.07, 6.45) is 5.80. The Bertz CT molecular complexity index is 1210. The van der Waals surface area contributed by atoms with Crippen LogP contribution < -0.4 is 0 Å². The van der Waals surface area contributed by atoms with Crippen molar-refractivity contribution in [3.63, 3.8) is 0 Å². The monoisotopic (exact) mass is 443 g/mol. The Morgan fingerprint density at radius 1 is 1.29 bits per heavy atom. The Balaban J connectivity index is 1.46. The van der Waals surface area contributed by atoms with Crippen molar-refractivity contribution in [2.24, 2.45) is 0 Å². The average molecular weight is 444 g/mol. The normalized spacial score (nSPS) is 15.4. The molecule has 0 bridgehead atoms. The molecule has 0 N–H and O–H groups in total. The van der Waals surface area contributed by atoms with Gasteiger partial charge in [-0.3, -0.25) is 14.5 Å². The number of sulfone groups is 1. The summed E-state index contributed by atoms with van der Waals surface area (Å²) in [5.41, 5.74) is 2.98. The van der Waals surface area contributed by atoms with Crippen molar-refractivity contribution in [3.05, 3.63) is 47.7 Å². The van der Waals surface area contributed by atoms with Crippen LogP contribution in [0.3, 0.4) is 0 Å². The van der Waals surface area contributed by atoms with Gasteiger partial charge in [0.1, 0.15) is 5.69 Å². The van der Waals surface area contributed by atoms with Crippen molar-refractivity contribution in [2.45, 2.75) is 44.0 Å². The number of pyridine rings is 1. The maximum Gasteiger partial charge on any atom is 0.292 e. The number of rotatable bonds is 5. The van der Waals surface area contributed by atoms with Crippen LogP contribution in [0.25, 0.3) is 11.3 Å². The van der Waals surface area contributed by atoms with Crippen molar-refractivity contribution in [3.8, 4) is 11.3 Å². The SMILES string of the molecule is CCn1ncc(-c2cc(C(=O)N3CCC(c4ncccc4S(C)(=O)=O)CC3)on2)c1C. The van der Waals surface area contributed by atoms with E-state index < -0.39 is 9.84 Å². The number of piperidine rings is 1. The molecule has 0 radical (unpaired) electrons. The van der Waals surface area contributed by atoms with E-state index in [9.17, 15) is 13.2 Å². The zero-order valence-electron chi connectivity index (χ0n) is 17.8. The first kappa shape index (κ1) is 21.2. The fraction of sp³-hybridized carbons (Fsp3) is 0.429. The third kappa shape index (κ3) is 4.12. The first-order valence-corrected chi connectivity index (χ1v) is 12.1. The molecule has 10 heteroatoms. The van der Waals surface area contributed by atoms with Gasteiger partial charge in [-0.15, -0.1) is 0 Å². The molecule has 3 aromatic heterocycles. The number of aromatic nitrogens is 4. The molecule has 4 rings (SSSR count). The fourth-order valence-electron chi connectivity index (χ4n) is 4.05. The van der Waals surface area contributed by atoms with E-state index in [0.717, 1.165) is 17.8 Å². The Labute approximate surface area is 181 Å². The van der Waals surface area contributed by atoms with Gasteiger partial charge in [0, 0.05) is 55.3 Å². The average Bonchev–Trinajstić information content (AvgIpc) is 3.39. The third-order valence-corrected chi connectivity index (χ3v) is 6.91. The van der Waals surface area contributed by atoms with Crippen LogP contribution in [0.4, 0.5) is 0 Å². The lowest BCUT2D eigenvalue weighted by atomic mass is 9.93. The van der Waals surface area contributed by atoms with E-state index in [4.69, 9.17) is 4.52 Å². The highest BCUT2D eigenvalue weighted by molar-refractivity contribution is 7.90. The molecule has 1 fully saturated rings. The molecule has 0 atom stereocenters. The third-order valence-electron chi connectivity index (χ3n) is 5.77. The van der Waals surface area contributed by atoms with E-state index in [2.05, 4.69) is 15.2 Å². The van der Waals surface area contributed by atoms with Gasteiger partial charge >= 0.3 is 0 Å². The number of hydrogen-bond donors (Lipinski definition) is 0. The molecule has 0 unspecified atom stereocenters. The highest BCUT2D eigenvalue weighted by Gasteiger charge is 2.30. The van der Waals surface area contributed by atoms with Gasteiger partial charge in [0.2, 0.25) is 5.76 Å². The Morgan fingerprint density at radius 3 is 2.68 bits per heavy atom. The predicted octanol–water partition coefficient (Wildman–Crippen LogP) is 2.68. The lowest BCUT2D eigenvalue weighted by molar-refractivity contribution is 0.0669. The summed E-state index contributed by atoms with van der Waals surface area (Å²) in [6, 6.07) is 4.87. The number of carbonyl (C=O) groups is 1.